The summed E-state index contributed by atoms with van der Waals surface area (Å²) >= 11 is 17.8. The van der Waals surface area contributed by atoms with E-state index in [1.807, 2.05) is 0 Å². The smallest absolute Gasteiger partial charge is 0.224 e. The zero-order valence-electron chi connectivity index (χ0n) is 10.9. The van der Waals surface area contributed by atoms with E-state index in [0.29, 0.717) is 33.2 Å². The highest BCUT2D eigenvalue weighted by molar-refractivity contribution is 6.42. The van der Waals surface area contributed by atoms with Gasteiger partial charge in [0.1, 0.15) is 0 Å². The van der Waals surface area contributed by atoms with Crippen molar-refractivity contribution in [3.63, 3.8) is 0 Å². The number of rotatable bonds is 6. The second-order valence-corrected chi connectivity index (χ2v) is 5.76. The van der Waals surface area contributed by atoms with Crippen molar-refractivity contribution in [2.24, 2.45) is 0 Å². The standard InChI is InChI=1S/C13H17Cl3N2O/c1-8(2)17-5-3-4-12(19)18-13-10(15)6-9(14)7-11(13)16/h6-8,17H,3-5H2,1-2H3,(H,18,19). The van der Waals surface area contributed by atoms with E-state index < -0.39 is 0 Å². The zero-order chi connectivity index (χ0) is 14.4. The van der Waals surface area contributed by atoms with Gasteiger partial charge < -0.3 is 10.6 Å². The molecule has 0 fully saturated rings. The lowest BCUT2D eigenvalue weighted by Gasteiger charge is -2.10. The van der Waals surface area contributed by atoms with Crippen molar-refractivity contribution in [3.8, 4) is 0 Å². The highest BCUT2D eigenvalue weighted by atomic mass is 35.5. The van der Waals surface area contributed by atoms with E-state index in [2.05, 4.69) is 24.5 Å². The molecule has 0 spiro atoms. The lowest BCUT2D eigenvalue weighted by Crippen LogP contribution is -2.24. The van der Waals surface area contributed by atoms with Gasteiger partial charge in [0.25, 0.3) is 0 Å². The molecule has 0 aromatic heterocycles. The summed E-state index contributed by atoms with van der Waals surface area (Å²) in [6.45, 7) is 4.92. The second kappa shape index (κ2) is 7.95. The number of halogens is 3. The van der Waals surface area contributed by atoms with E-state index in [9.17, 15) is 4.79 Å². The minimum absolute atomic E-state index is 0.114. The maximum absolute atomic E-state index is 11.8. The summed E-state index contributed by atoms with van der Waals surface area (Å²) in [6.07, 6.45) is 1.17. The topological polar surface area (TPSA) is 41.1 Å². The lowest BCUT2D eigenvalue weighted by atomic mass is 10.2. The third kappa shape index (κ3) is 6.00. The van der Waals surface area contributed by atoms with Crippen LogP contribution in [0, 0.1) is 0 Å². The van der Waals surface area contributed by atoms with Crippen LogP contribution in [-0.4, -0.2) is 18.5 Å². The van der Waals surface area contributed by atoms with Gasteiger partial charge in [0.05, 0.1) is 15.7 Å². The fourth-order valence-corrected chi connectivity index (χ4v) is 2.41. The lowest BCUT2D eigenvalue weighted by molar-refractivity contribution is -0.116. The molecule has 0 unspecified atom stereocenters. The Kier molecular flexibility index (Phi) is 6.94. The van der Waals surface area contributed by atoms with Gasteiger partial charge in [-0.25, -0.2) is 0 Å². The largest absolute Gasteiger partial charge is 0.324 e. The molecule has 0 aliphatic heterocycles. The van der Waals surface area contributed by atoms with Crippen LogP contribution in [0.2, 0.25) is 15.1 Å². The van der Waals surface area contributed by atoms with Crippen LogP contribution in [0.4, 0.5) is 5.69 Å². The Morgan fingerprint density at radius 2 is 1.79 bits per heavy atom. The van der Waals surface area contributed by atoms with E-state index in [1.165, 1.54) is 0 Å². The van der Waals surface area contributed by atoms with Crippen molar-refractivity contribution in [1.29, 1.82) is 0 Å². The van der Waals surface area contributed by atoms with Crippen LogP contribution in [-0.2, 0) is 4.79 Å². The number of anilines is 1. The Morgan fingerprint density at radius 3 is 2.32 bits per heavy atom. The zero-order valence-corrected chi connectivity index (χ0v) is 13.2. The van der Waals surface area contributed by atoms with Crippen molar-refractivity contribution in [3.05, 3.63) is 27.2 Å². The molecule has 0 saturated heterocycles. The third-order valence-electron chi connectivity index (χ3n) is 2.40. The molecule has 106 valence electrons. The van der Waals surface area contributed by atoms with Crippen molar-refractivity contribution in [2.75, 3.05) is 11.9 Å². The first kappa shape index (κ1) is 16.6. The summed E-state index contributed by atoms with van der Waals surface area (Å²) in [6, 6.07) is 3.51. The highest BCUT2D eigenvalue weighted by Crippen LogP contribution is 2.33. The fraction of sp³-hybridized carbons (Fsp3) is 0.462. The molecule has 1 aromatic carbocycles. The Balaban J connectivity index is 2.49. The summed E-state index contributed by atoms with van der Waals surface area (Å²) in [4.78, 5) is 11.8. The molecule has 0 radical (unpaired) electrons. The summed E-state index contributed by atoms with van der Waals surface area (Å²) in [5.74, 6) is -0.114. The Hall–Kier alpha value is -0.480. The fourth-order valence-electron chi connectivity index (χ4n) is 1.50. The average Bonchev–Trinajstić information content (AvgIpc) is 2.29. The summed E-state index contributed by atoms with van der Waals surface area (Å²) in [5, 5.41) is 7.07. The molecule has 0 atom stereocenters. The molecule has 2 N–H and O–H groups in total. The number of carbonyl (C=O) groups excluding carboxylic acids is 1. The Labute approximate surface area is 128 Å². The van der Waals surface area contributed by atoms with Gasteiger partial charge in [0.2, 0.25) is 5.91 Å². The summed E-state index contributed by atoms with van der Waals surface area (Å²) in [7, 11) is 0. The Bertz CT molecular complexity index is 427. The molecular weight excluding hydrogens is 307 g/mol. The summed E-state index contributed by atoms with van der Waals surface area (Å²) in [5.41, 5.74) is 0.412. The molecule has 1 aromatic rings. The van der Waals surface area contributed by atoms with Crippen LogP contribution < -0.4 is 10.6 Å². The van der Waals surface area contributed by atoms with E-state index in [1.54, 1.807) is 12.1 Å². The molecule has 0 bridgehead atoms. The maximum Gasteiger partial charge on any atom is 0.224 e. The van der Waals surface area contributed by atoms with Crippen LogP contribution >= 0.6 is 34.8 Å². The molecule has 1 amide bonds. The predicted octanol–water partition coefficient (Wildman–Crippen LogP) is 4.36. The van der Waals surface area contributed by atoms with E-state index in [4.69, 9.17) is 34.8 Å². The van der Waals surface area contributed by atoms with Gasteiger partial charge in [-0.3, -0.25) is 4.79 Å². The van der Waals surface area contributed by atoms with Gasteiger partial charge >= 0.3 is 0 Å². The molecular formula is C13H17Cl3N2O. The first-order chi connectivity index (χ1) is 8.90. The van der Waals surface area contributed by atoms with Crippen LogP contribution in [0.3, 0.4) is 0 Å². The quantitative estimate of drug-likeness (QED) is 0.764. The van der Waals surface area contributed by atoms with E-state index >= 15 is 0 Å². The molecule has 19 heavy (non-hydrogen) atoms. The van der Waals surface area contributed by atoms with Gasteiger partial charge in [-0.05, 0) is 25.1 Å². The minimum atomic E-state index is -0.114. The highest BCUT2D eigenvalue weighted by Gasteiger charge is 2.11. The molecule has 0 saturated carbocycles. The van der Waals surface area contributed by atoms with E-state index in [0.717, 1.165) is 13.0 Å². The number of amides is 1. The first-order valence-electron chi connectivity index (χ1n) is 6.08. The normalized spacial score (nSPS) is 10.8. The van der Waals surface area contributed by atoms with Crippen LogP contribution in [0.15, 0.2) is 12.1 Å². The van der Waals surface area contributed by atoms with Crippen LogP contribution in [0.5, 0.6) is 0 Å². The van der Waals surface area contributed by atoms with Gasteiger partial charge in [0, 0.05) is 17.5 Å². The first-order valence-corrected chi connectivity index (χ1v) is 7.21. The van der Waals surface area contributed by atoms with Gasteiger partial charge in [-0.1, -0.05) is 48.7 Å². The second-order valence-electron chi connectivity index (χ2n) is 4.50. The van der Waals surface area contributed by atoms with Crippen molar-refractivity contribution in [2.45, 2.75) is 32.7 Å². The monoisotopic (exact) mass is 322 g/mol. The van der Waals surface area contributed by atoms with Crippen molar-refractivity contribution < 1.29 is 4.79 Å². The Morgan fingerprint density at radius 1 is 1.21 bits per heavy atom. The van der Waals surface area contributed by atoms with E-state index in [-0.39, 0.29) is 5.91 Å². The number of carbonyl (C=O) groups is 1. The van der Waals surface area contributed by atoms with Gasteiger partial charge in [0.15, 0.2) is 0 Å². The molecule has 1 rings (SSSR count). The SMILES string of the molecule is CC(C)NCCCC(=O)Nc1c(Cl)cc(Cl)cc1Cl. The summed E-state index contributed by atoms with van der Waals surface area (Å²) < 4.78 is 0. The number of hydrogen-bond acceptors (Lipinski definition) is 2. The number of benzene rings is 1. The average molecular weight is 324 g/mol. The molecule has 3 nitrogen and oxygen atoms in total. The third-order valence-corrected chi connectivity index (χ3v) is 3.22. The maximum atomic E-state index is 11.8. The molecule has 0 heterocycles. The minimum Gasteiger partial charge on any atom is -0.324 e. The van der Waals surface area contributed by atoms with Crippen LogP contribution in [0.25, 0.3) is 0 Å². The van der Waals surface area contributed by atoms with Crippen LogP contribution in [0.1, 0.15) is 26.7 Å². The predicted molar refractivity (Wildman–Crippen MR) is 82.5 cm³/mol. The molecule has 0 aliphatic carbocycles. The molecule has 0 aliphatic rings. The van der Waals surface area contributed by atoms with Crippen molar-refractivity contribution in [1.82, 2.24) is 5.32 Å². The number of nitrogens with one attached hydrogen (secondary N) is 2. The number of hydrogen-bond donors (Lipinski definition) is 2. The van der Waals surface area contributed by atoms with Gasteiger partial charge in [-0.15, -0.1) is 0 Å². The van der Waals surface area contributed by atoms with Crippen molar-refractivity contribution >= 4 is 46.4 Å². The molecule has 6 heteroatoms. The van der Waals surface area contributed by atoms with Gasteiger partial charge in [-0.2, -0.15) is 0 Å².